The van der Waals surface area contributed by atoms with Crippen molar-refractivity contribution in [2.24, 2.45) is 0 Å². The van der Waals surface area contributed by atoms with Gasteiger partial charge in [0.2, 0.25) is 10.0 Å². The molecule has 1 atom stereocenters. The van der Waals surface area contributed by atoms with E-state index in [2.05, 4.69) is 10.0 Å². The van der Waals surface area contributed by atoms with E-state index in [4.69, 9.17) is 16.3 Å². The van der Waals surface area contributed by atoms with Crippen LogP contribution >= 0.6 is 11.6 Å². The monoisotopic (exact) mass is 597 g/mol. The molecule has 12 heteroatoms. The van der Waals surface area contributed by atoms with Gasteiger partial charge in [0.25, 0.3) is 15.9 Å². The number of rotatable bonds is 8. The van der Waals surface area contributed by atoms with Gasteiger partial charge < -0.3 is 10.1 Å². The maximum Gasteiger partial charge on any atom is 0.267 e. The number of carbonyl (C=O) groups excluding carboxylic acids is 1. The number of fused-ring (bicyclic) bond motifs is 1. The standard InChI is InChI=1S/C28H24ClN3O6S2/c29-21-10-12-23(13-11-21)31-40(36,37)24-16-14-22(15-17-24)30-28(33)27-18-32(25-8-4-5-9-26(25)38-27)39(34,35)19-20-6-2-1-3-7-20/h1-17,27,31H,18-19H2,(H,30,33). The molecule has 0 fully saturated rings. The lowest BCUT2D eigenvalue weighted by Gasteiger charge is -2.34. The van der Waals surface area contributed by atoms with E-state index in [9.17, 15) is 21.6 Å². The summed E-state index contributed by atoms with van der Waals surface area (Å²) in [5.74, 6) is -0.555. The lowest BCUT2D eigenvalue weighted by atomic mass is 10.2. The minimum atomic E-state index is -3.88. The van der Waals surface area contributed by atoms with Crippen molar-refractivity contribution in [2.45, 2.75) is 16.8 Å². The number of nitrogens with one attached hydrogen (secondary N) is 2. The highest BCUT2D eigenvalue weighted by molar-refractivity contribution is 7.92. The van der Waals surface area contributed by atoms with Crippen molar-refractivity contribution < 1.29 is 26.4 Å². The number of benzene rings is 4. The first-order valence-corrected chi connectivity index (χ1v) is 15.6. The van der Waals surface area contributed by atoms with Crippen LogP contribution in [0.1, 0.15) is 5.56 Å². The van der Waals surface area contributed by atoms with E-state index in [-0.39, 0.29) is 22.9 Å². The van der Waals surface area contributed by atoms with Gasteiger partial charge in [-0.05, 0) is 66.2 Å². The molecular weight excluding hydrogens is 574 g/mol. The Morgan fingerprint density at radius 1 is 0.825 bits per heavy atom. The molecule has 1 aliphatic heterocycles. The number of sulfonamides is 2. The summed E-state index contributed by atoms with van der Waals surface area (Å²) in [7, 11) is -7.73. The van der Waals surface area contributed by atoms with Crippen LogP contribution in [0.15, 0.2) is 108 Å². The topological polar surface area (TPSA) is 122 Å². The van der Waals surface area contributed by atoms with Crippen molar-refractivity contribution >= 4 is 54.6 Å². The van der Waals surface area contributed by atoms with E-state index in [0.29, 0.717) is 27.6 Å². The average molecular weight is 598 g/mol. The molecular formula is C28H24ClN3O6S2. The van der Waals surface area contributed by atoms with Crippen LogP contribution < -0.4 is 19.1 Å². The minimum Gasteiger partial charge on any atom is -0.476 e. The smallest absolute Gasteiger partial charge is 0.267 e. The summed E-state index contributed by atoms with van der Waals surface area (Å²) < 4.78 is 61.8. The summed E-state index contributed by atoms with van der Waals surface area (Å²) in [6, 6.07) is 27.2. The SMILES string of the molecule is O=C(Nc1ccc(S(=O)(=O)Nc2ccc(Cl)cc2)cc1)C1CN(S(=O)(=O)Cc2ccccc2)c2ccccc2O1. The lowest BCUT2D eigenvalue weighted by Crippen LogP contribution is -2.49. The zero-order chi connectivity index (χ0) is 28.3. The highest BCUT2D eigenvalue weighted by Gasteiger charge is 2.36. The van der Waals surface area contributed by atoms with Crippen LogP contribution in [0.4, 0.5) is 17.1 Å². The van der Waals surface area contributed by atoms with Crippen molar-refractivity contribution in [3.63, 3.8) is 0 Å². The number of anilines is 3. The molecule has 0 aromatic heterocycles. The predicted octanol–water partition coefficient (Wildman–Crippen LogP) is 4.88. The second-order valence-corrected chi connectivity index (χ2v) is 13.0. The first kappa shape index (κ1) is 27.5. The number of halogens is 1. The van der Waals surface area contributed by atoms with Crippen LogP contribution in [0.25, 0.3) is 0 Å². The highest BCUT2D eigenvalue weighted by Crippen LogP contribution is 2.36. The van der Waals surface area contributed by atoms with Crippen molar-refractivity contribution in [1.29, 1.82) is 0 Å². The van der Waals surface area contributed by atoms with Gasteiger partial charge in [0.05, 0.1) is 22.9 Å². The van der Waals surface area contributed by atoms with Crippen molar-refractivity contribution in [2.75, 3.05) is 20.9 Å². The molecule has 4 aromatic rings. The fraction of sp³-hybridized carbons (Fsp3) is 0.107. The second kappa shape index (κ2) is 11.2. The van der Waals surface area contributed by atoms with Gasteiger partial charge in [0, 0.05) is 16.4 Å². The predicted molar refractivity (Wildman–Crippen MR) is 155 cm³/mol. The fourth-order valence-electron chi connectivity index (χ4n) is 4.14. The Morgan fingerprint density at radius 3 is 2.15 bits per heavy atom. The lowest BCUT2D eigenvalue weighted by molar-refractivity contribution is -0.122. The Balaban J connectivity index is 1.31. The summed E-state index contributed by atoms with van der Waals surface area (Å²) in [5, 5.41) is 3.16. The number of hydrogen-bond acceptors (Lipinski definition) is 6. The highest BCUT2D eigenvalue weighted by atomic mass is 35.5. The van der Waals surface area contributed by atoms with Gasteiger partial charge in [0.1, 0.15) is 5.75 Å². The van der Waals surface area contributed by atoms with Gasteiger partial charge in [0.15, 0.2) is 6.10 Å². The summed E-state index contributed by atoms with van der Waals surface area (Å²) in [5.41, 5.74) is 1.64. The van der Waals surface area contributed by atoms with Crippen LogP contribution in [0, 0.1) is 0 Å². The van der Waals surface area contributed by atoms with E-state index < -0.39 is 32.1 Å². The number of carbonyl (C=O) groups is 1. The Labute approximate surface area is 237 Å². The van der Waals surface area contributed by atoms with Gasteiger partial charge in [-0.2, -0.15) is 0 Å². The third-order valence-electron chi connectivity index (χ3n) is 6.08. The molecule has 0 radical (unpaired) electrons. The third kappa shape index (κ3) is 6.22. The molecule has 5 rings (SSSR count). The Morgan fingerprint density at radius 2 is 1.45 bits per heavy atom. The molecule has 206 valence electrons. The fourth-order valence-corrected chi connectivity index (χ4v) is 6.90. The van der Waals surface area contributed by atoms with Crippen LogP contribution in [-0.4, -0.2) is 35.4 Å². The number of hydrogen-bond donors (Lipinski definition) is 2. The summed E-state index contributed by atoms with van der Waals surface area (Å²) in [6.45, 7) is -0.227. The van der Waals surface area contributed by atoms with E-state index >= 15 is 0 Å². The van der Waals surface area contributed by atoms with Gasteiger partial charge in [-0.3, -0.25) is 13.8 Å². The summed E-state index contributed by atoms with van der Waals surface area (Å²) in [4.78, 5) is 13.1. The maximum atomic E-state index is 13.4. The van der Waals surface area contributed by atoms with Gasteiger partial charge in [-0.15, -0.1) is 0 Å². The Kier molecular flexibility index (Phi) is 7.70. The largest absolute Gasteiger partial charge is 0.476 e. The average Bonchev–Trinajstić information content (AvgIpc) is 2.94. The molecule has 4 aromatic carbocycles. The number of para-hydroxylation sites is 2. The molecule has 0 saturated heterocycles. The maximum absolute atomic E-state index is 13.4. The molecule has 0 aliphatic carbocycles. The van der Waals surface area contributed by atoms with Crippen molar-refractivity contribution in [3.05, 3.63) is 114 Å². The van der Waals surface area contributed by atoms with Gasteiger partial charge >= 0.3 is 0 Å². The van der Waals surface area contributed by atoms with Gasteiger partial charge in [-0.25, -0.2) is 16.8 Å². The van der Waals surface area contributed by atoms with E-state index in [1.807, 2.05) is 0 Å². The minimum absolute atomic E-state index is 0.0125. The first-order chi connectivity index (χ1) is 19.1. The molecule has 0 saturated carbocycles. The molecule has 40 heavy (non-hydrogen) atoms. The molecule has 1 heterocycles. The van der Waals surface area contributed by atoms with Crippen LogP contribution in [0.2, 0.25) is 5.02 Å². The van der Waals surface area contributed by atoms with Crippen LogP contribution in [-0.2, 0) is 30.6 Å². The molecule has 1 aliphatic rings. The number of nitrogens with zero attached hydrogens (tertiary/aromatic N) is 1. The first-order valence-electron chi connectivity index (χ1n) is 12.1. The van der Waals surface area contributed by atoms with Crippen molar-refractivity contribution in [1.82, 2.24) is 0 Å². The third-order valence-corrected chi connectivity index (χ3v) is 9.45. The molecule has 9 nitrogen and oxygen atoms in total. The zero-order valence-corrected chi connectivity index (χ0v) is 23.3. The number of ether oxygens (including phenoxy) is 1. The van der Waals surface area contributed by atoms with E-state index in [1.54, 1.807) is 78.9 Å². The second-order valence-electron chi connectivity index (χ2n) is 8.97. The molecule has 2 N–H and O–H groups in total. The number of amides is 1. The molecule has 0 bridgehead atoms. The summed E-state index contributed by atoms with van der Waals surface area (Å²) in [6.07, 6.45) is -1.14. The zero-order valence-electron chi connectivity index (χ0n) is 20.9. The quantitative estimate of drug-likeness (QED) is 0.299. The van der Waals surface area contributed by atoms with Crippen molar-refractivity contribution in [3.8, 4) is 5.75 Å². The molecule has 1 unspecified atom stereocenters. The molecule has 0 spiro atoms. The van der Waals surface area contributed by atoms with Crippen LogP contribution in [0.5, 0.6) is 5.75 Å². The van der Waals surface area contributed by atoms with Crippen LogP contribution in [0.3, 0.4) is 0 Å². The van der Waals surface area contributed by atoms with E-state index in [0.717, 1.165) is 0 Å². The normalized spacial score (nSPS) is 15.0. The van der Waals surface area contributed by atoms with E-state index in [1.165, 1.54) is 28.6 Å². The van der Waals surface area contributed by atoms with Gasteiger partial charge in [-0.1, -0.05) is 54.1 Å². The Hall–Kier alpha value is -4.06. The molecule has 1 amide bonds. The Bertz CT molecular complexity index is 1730. The summed E-state index contributed by atoms with van der Waals surface area (Å²) >= 11 is 5.85.